The highest BCUT2D eigenvalue weighted by Crippen LogP contribution is 2.28. The molecule has 0 spiro atoms. The lowest BCUT2D eigenvalue weighted by Crippen LogP contribution is -2.15. The van der Waals surface area contributed by atoms with E-state index >= 15 is 0 Å². The third kappa shape index (κ3) is 2.22. The standard InChI is InChI=1S/C17H13NO4/c1-22-11-7-8-13-12(9-11)15(17(20)21)14(16(19)18-13)10-5-3-2-4-6-10/h2-9H,1H3,(H,18,19)(H,20,21). The molecule has 5 nitrogen and oxygen atoms in total. The van der Waals surface area contributed by atoms with Gasteiger partial charge in [0.1, 0.15) is 5.75 Å². The summed E-state index contributed by atoms with van der Waals surface area (Å²) in [6.07, 6.45) is 0. The largest absolute Gasteiger partial charge is 0.497 e. The van der Waals surface area contributed by atoms with Crippen molar-refractivity contribution in [2.45, 2.75) is 0 Å². The molecule has 0 fully saturated rings. The van der Waals surface area contributed by atoms with E-state index in [9.17, 15) is 14.7 Å². The number of pyridine rings is 1. The van der Waals surface area contributed by atoms with Crippen LogP contribution in [0.25, 0.3) is 22.0 Å². The van der Waals surface area contributed by atoms with Gasteiger partial charge in [-0.3, -0.25) is 4.79 Å². The van der Waals surface area contributed by atoms with Gasteiger partial charge in [0, 0.05) is 10.9 Å². The number of H-pyrrole nitrogens is 1. The molecule has 0 aliphatic rings. The van der Waals surface area contributed by atoms with Gasteiger partial charge in [-0.2, -0.15) is 0 Å². The SMILES string of the molecule is COc1ccc2[nH]c(=O)c(-c3ccccc3)c(C(=O)O)c2c1. The second kappa shape index (κ2) is 5.37. The fourth-order valence-electron chi connectivity index (χ4n) is 2.50. The van der Waals surface area contributed by atoms with Crippen LogP contribution in [0, 0.1) is 0 Å². The highest BCUT2D eigenvalue weighted by atomic mass is 16.5. The highest BCUT2D eigenvalue weighted by Gasteiger charge is 2.20. The van der Waals surface area contributed by atoms with Gasteiger partial charge in [0.2, 0.25) is 0 Å². The van der Waals surface area contributed by atoms with E-state index in [1.807, 2.05) is 6.07 Å². The summed E-state index contributed by atoms with van der Waals surface area (Å²) in [5.74, 6) is -0.621. The number of aromatic amines is 1. The molecule has 0 aliphatic heterocycles. The zero-order valence-electron chi connectivity index (χ0n) is 11.8. The van der Waals surface area contributed by atoms with E-state index in [0.717, 1.165) is 0 Å². The number of hydrogen-bond donors (Lipinski definition) is 2. The van der Waals surface area contributed by atoms with Crippen molar-refractivity contribution in [3.8, 4) is 16.9 Å². The van der Waals surface area contributed by atoms with E-state index in [-0.39, 0.29) is 11.1 Å². The fraction of sp³-hybridized carbons (Fsp3) is 0.0588. The molecule has 0 amide bonds. The molecule has 5 heteroatoms. The van der Waals surface area contributed by atoms with Crippen LogP contribution in [0.3, 0.4) is 0 Å². The number of benzene rings is 2. The molecule has 2 N–H and O–H groups in total. The minimum absolute atomic E-state index is 0.0242. The Morgan fingerprint density at radius 2 is 1.86 bits per heavy atom. The Kier molecular flexibility index (Phi) is 3.39. The van der Waals surface area contributed by atoms with Crippen LogP contribution in [-0.2, 0) is 0 Å². The summed E-state index contributed by atoms with van der Waals surface area (Å²) in [5, 5.41) is 10.1. The number of hydrogen-bond acceptors (Lipinski definition) is 3. The van der Waals surface area contributed by atoms with E-state index in [1.165, 1.54) is 7.11 Å². The van der Waals surface area contributed by atoms with Crippen LogP contribution >= 0.6 is 0 Å². The van der Waals surface area contributed by atoms with Crippen LogP contribution in [0.1, 0.15) is 10.4 Å². The topological polar surface area (TPSA) is 79.4 Å². The summed E-state index contributed by atoms with van der Waals surface area (Å²) in [5.41, 5.74) is 0.715. The molecule has 0 bridgehead atoms. The maximum absolute atomic E-state index is 12.4. The molecule has 0 unspecified atom stereocenters. The number of methoxy groups -OCH3 is 1. The zero-order chi connectivity index (χ0) is 15.7. The molecule has 1 aromatic heterocycles. The lowest BCUT2D eigenvalue weighted by atomic mass is 9.97. The maximum Gasteiger partial charge on any atom is 0.337 e. The molecule has 0 saturated heterocycles. The summed E-state index contributed by atoms with van der Waals surface area (Å²) >= 11 is 0. The lowest BCUT2D eigenvalue weighted by Gasteiger charge is -2.10. The predicted molar refractivity (Wildman–Crippen MR) is 83.5 cm³/mol. The van der Waals surface area contributed by atoms with Crippen molar-refractivity contribution in [1.29, 1.82) is 0 Å². The number of aromatic nitrogens is 1. The monoisotopic (exact) mass is 295 g/mol. The Balaban J connectivity index is 2.46. The molecule has 0 aliphatic carbocycles. The predicted octanol–water partition coefficient (Wildman–Crippen LogP) is 2.90. The van der Waals surface area contributed by atoms with Gasteiger partial charge in [0.05, 0.1) is 18.2 Å². The normalized spacial score (nSPS) is 10.6. The Morgan fingerprint density at radius 3 is 2.50 bits per heavy atom. The van der Waals surface area contributed by atoms with Crippen LogP contribution in [0.15, 0.2) is 53.3 Å². The van der Waals surface area contributed by atoms with Crippen LogP contribution in [0.5, 0.6) is 5.75 Å². The number of rotatable bonds is 3. The zero-order valence-corrected chi connectivity index (χ0v) is 11.8. The molecule has 3 aromatic rings. The molecule has 0 radical (unpaired) electrons. The molecule has 2 aromatic carbocycles. The number of fused-ring (bicyclic) bond motifs is 1. The summed E-state index contributed by atoms with van der Waals surface area (Å²) in [6.45, 7) is 0. The van der Waals surface area contributed by atoms with Crippen molar-refractivity contribution >= 4 is 16.9 Å². The summed E-state index contributed by atoms with van der Waals surface area (Å²) < 4.78 is 5.15. The molecule has 22 heavy (non-hydrogen) atoms. The minimum atomic E-state index is -1.15. The van der Waals surface area contributed by atoms with Gasteiger partial charge in [-0.15, -0.1) is 0 Å². The van der Waals surface area contributed by atoms with Crippen molar-refractivity contribution in [3.63, 3.8) is 0 Å². The highest BCUT2D eigenvalue weighted by molar-refractivity contribution is 6.08. The van der Waals surface area contributed by atoms with Crippen molar-refractivity contribution in [3.05, 3.63) is 64.4 Å². The first-order valence-corrected chi connectivity index (χ1v) is 6.64. The van der Waals surface area contributed by atoms with E-state index in [1.54, 1.807) is 42.5 Å². The minimum Gasteiger partial charge on any atom is -0.497 e. The summed E-state index contributed by atoms with van der Waals surface area (Å²) in [7, 11) is 1.51. The Morgan fingerprint density at radius 1 is 1.14 bits per heavy atom. The number of carbonyl (C=O) groups is 1. The van der Waals surface area contributed by atoms with E-state index in [4.69, 9.17) is 4.74 Å². The van der Waals surface area contributed by atoms with Gasteiger partial charge in [-0.1, -0.05) is 30.3 Å². The molecule has 0 saturated carbocycles. The van der Waals surface area contributed by atoms with Gasteiger partial charge < -0.3 is 14.8 Å². The van der Waals surface area contributed by atoms with Crippen molar-refractivity contribution < 1.29 is 14.6 Å². The second-order valence-electron chi connectivity index (χ2n) is 4.79. The van der Waals surface area contributed by atoms with Gasteiger partial charge >= 0.3 is 5.97 Å². The van der Waals surface area contributed by atoms with Gasteiger partial charge in [0.25, 0.3) is 5.56 Å². The lowest BCUT2D eigenvalue weighted by molar-refractivity contribution is 0.0699. The molecular formula is C17H13NO4. The Hall–Kier alpha value is -3.08. The van der Waals surface area contributed by atoms with Crippen LogP contribution in [-0.4, -0.2) is 23.2 Å². The first-order chi connectivity index (χ1) is 10.6. The van der Waals surface area contributed by atoms with E-state index in [2.05, 4.69) is 4.98 Å². The van der Waals surface area contributed by atoms with Crippen LogP contribution < -0.4 is 10.3 Å². The van der Waals surface area contributed by atoms with E-state index in [0.29, 0.717) is 22.2 Å². The van der Waals surface area contributed by atoms with Crippen molar-refractivity contribution in [2.24, 2.45) is 0 Å². The van der Waals surface area contributed by atoms with Crippen molar-refractivity contribution in [2.75, 3.05) is 7.11 Å². The molecular weight excluding hydrogens is 282 g/mol. The quantitative estimate of drug-likeness (QED) is 0.778. The molecule has 1 heterocycles. The third-order valence-corrected chi connectivity index (χ3v) is 3.50. The maximum atomic E-state index is 12.4. The number of carboxylic acids is 1. The van der Waals surface area contributed by atoms with Crippen LogP contribution in [0.2, 0.25) is 0 Å². The van der Waals surface area contributed by atoms with Gasteiger partial charge in [0.15, 0.2) is 0 Å². The molecule has 110 valence electrons. The second-order valence-corrected chi connectivity index (χ2v) is 4.79. The number of carboxylic acid groups (broad SMARTS) is 1. The Bertz CT molecular complexity index is 913. The summed E-state index contributed by atoms with van der Waals surface area (Å²) in [4.78, 5) is 26.9. The first kappa shape index (κ1) is 13.9. The average Bonchev–Trinajstić information content (AvgIpc) is 2.53. The van der Waals surface area contributed by atoms with E-state index < -0.39 is 11.5 Å². The van der Waals surface area contributed by atoms with Crippen molar-refractivity contribution in [1.82, 2.24) is 4.98 Å². The molecule has 3 rings (SSSR count). The number of aromatic carboxylic acids is 1. The number of ether oxygens (including phenoxy) is 1. The molecule has 0 atom stereocenters. The smallest absolute Gasteiger partial charge is 0.337 e. The number of nitrogens with one attached hydrogen (secondary N) is 1. The summed E-state index contributed by atoms with van der Waals surface area (Å²) in [6, 6.07) is 13.7. The Labute approximate surface area is 125 Å². The van der Waals surface area contributed by atoms with Gasteiger partial charge in [-0.25, -0.2) is 4.79 Å². The van der Waals surface area contributed by atoms with Gasteiger partial charge in [-0.05, 0) is 23.8 Å². The first-order valence-electron chi connectivity index (χ1n) is 6.64. The third-order valence-electron chi connectivity index (χ3n) is 3.50. The average molecular weight is 295 g/mol. The fourth-order valence-corrected chi connectivity index (χ4v) is 2.50. The van der Waals surface area contributed by atoms with Crippen LogP contribution in [0.4, 0.5) is 0 Å².